The second kappa shape index (κ2) is 7.87. The van der Waals surface area contributed by atoms with Gasteiger partial charge in [0.15, 0.2) is 6.29 Å². The molecule has 1 N–H and O–H groups in total. The number of hydrogen-bond acceptors (Lipinski definition) is 4. The van der Waals surface area contributed by atoms with Crippen molar-refractivity contribution in [2.24, 2.45) is 7.05 Å². The molecule has 0 unspecified atom stereocenters. The highest BCUT2D eigenvalue weighted by Gasteiger charge is 2.18. The standard InChI is InChI=1S/C23H27N3O3/c1-4-15-9-17(14-27)23(28)24-22(15)19-11-16-10-18(13-26-7-5-6-8-26)25(2)20(16)12-21(19)29-3/h9-12,14H,4-8,13H2,1-3H3,(H,24,28). The number of aldehydes is 1. The first kappa shape index (κ1) is 19.5. The Morgan fingerprint density at radius 1 is 1.17 bits per heavy atom. The third-order valence-electron chi connectivity index (χ3n) is 5.98. The molecule has 0 radical (unpaired) electrons. The van der Waals surface area contributed by atoms with Gasteiger partial charge in [-0.1, -0.05) is 6.92 Å². The van der Waals surface area contributed by atoms with Crippen molar-refractivity contribution in [3.05, 3.63) is 51.4 Å². The predicted octanol–water partition coefficient (Wildman–Crippen LogP) is 3.51. The Hall–Kier alpha value is -2.86. The average molecular weight is 393 g/mol. The van der Waals surface area contributed by atoms with Gasteiger partial charge in [-0.25, -0.2) is 0 Å². The summed E-state index contributed by atoms with van der Waals surface area (Å²) in [7, 11) is 3.73. The van der Waals surface area contributed by atoms with Gasteiger partial charge in [-0.3, -0.25) is 14.5 Å². The number of fused-ring (bicyclic) bond motifs is 1. The first-order valence-corrected chi connectivity index (χ1v) is 10.2. The van der Waals surface area contributed by atoms with Gasteiger partial charge in [0.1, 0.15) is 5.75 Å². The van der Waals surface area contributed by atoms with Crippen molar-refractivity contribution in [2.75, 3.05) is 20.2 Å². The molecule has 1 aliphatic rings. The maximum absolute atomic E-state index is 12.3. The zero-order chi connectivity index (χ0) is 20.5. The Morgan fingerprint density at radius 2 is 1.93 bits per heavy atom. The van der Waals surface area contributed by atoms with Crippen LogP contribution in [0, 0.1) is 0 Å². The van der Waals surface area contributed by atoms with Crippen LogP contribution in [0.5, 0.6) is 5.75 Å². The molecule has 0 saturated carbocycles. The van der Waals surface area contributed by atoms with Crippen LogP contribution in [0.3, 0.4) is 0 Å². The molecule has 3 heterocycles. The number of H-pyrrole nitrogens is 1. The van der Waals surface area contributed by atoms with Crippen LogP contribution >= 0.6 is 0 Å². The van der Waals surface area contributed by atoms with Crippen molar-refractivity contribution in [1.82, 2.24) is 14.5 Å². The van der Waals surface area contributed by atoms with Gasteiger partial charge in [0.2, 0.25) is 0 Å². The Balaban J connectivity index is 1.86. The van der Waals surface area contributed by atoms with Gasteiger partial charge in [0, 0.05) is 36.3 Å². The highest BCUT2D eigenvalue weighted by atomic mass is 16.5. The van der Waals surface area contributed by atoms with Gasteiger partial charge in [0.25, 0.3) is 5.56 Å². The molecule has 0 amide bonds. The third kappa shape index (κ3) is 3.49. The zero-order valence-electron chi connectivity index (χ0n) is 17.2. The Kier molecular flexibility index (Phi) is 5.28. The van der Waals surface area contributed by atoms with E-state index in [1.165, 1.54) is 18.5 Å². The number of pyridine rings is 1. The summed E-state index contributed by atoms with van der Waals surface area (Å²) in [5.74, 6) is 0.704. The highest BCUT2D eigenvalue weighted by molar-refractivity contribution is 5.90. The molecule has 2 aromatic heterocycles. The van der Waals surface area contributed by atoms with E-state index in [0.29, 0.717) is 24.2 Å². The van der Waals surface area contributed by atoms with Crippen LogP contribution in [0.15, 0.2) is 29.1 Å². The van der Waals surface area contributed by atoms with E-state index in [-0.39, 0.29) is 11.1 Å². The van der Waals surface area contributed by atoms with E-state index in [0.717, 1.165) is 41.7 Å². The molecular formula is C23H27N3O3. The fourth-order valence-electron chi connectivity index (χ4n) is 4.31. The van der Waals surface area contributed by atoms with Crippen LogP contribution in [-0.4, -0.2) is 40.9 Å². The maximum atomic E-state index is 12.3. The van der Waals surface area contributed by atoms with Gasteiger partial charge in [-0.05, 0) is 56.1 Å². The molecule has 3 aromatic rings. The first-order valence-electron chi connectivity index (χ1n) is 10.2. The number of rotatable bonds is 6. The largest absolute Gasteiger partial charge is 0.496 e. The van der Waals surface area contributed by atoms with E-state index in [1.54, 1.807) is 13.2 Å². The number of carbonyl (C=O) groups excluding carboxylic acids is 1. The smallest absolute Gasteiger partial charge is 0.259 e. The molecule has 6 heteroatoms. The fraction of sp³-hybridized carbons (Fsp3) is 0.391. The van der Waals surface area contributed by atoms with Gasteiger partial charge in [-0.15, -0.1) is 0 Å². The number of nitrogens with one attached hydrogen (secondary N) is 1. The van der Waals surface area contributed by atoms with Crippen LogP contribution in [0.4, 0.5) is 0 Å². The molecule has 0 spiro atoms. The lowest BCUT2D eigenvalue weighted by Crippen LogP contribution is -2.19. The molecule has 1 aromatic carbocycles. The summed E-state index contributed by atoms with van der Waals surface area (Å²) >= 11 is 0. The number of aromatic amines is 1. The summed E-state index contributed by atoms with van der Waals surface area (Å²) in [5, 5.41) is 1.11. The molecule has 1 aliphatic heterocycles. The van der Waals surface area contributed by atoms with Crippen LogP contribution in [-0.2, 0) is 20.0 Å². The van der Waals surface area contributed by atoms with Crippen molar-refractivity contribution < 1.29 is 9.53 Å². The number of aryl methyl sites for hydroxylation is 2. The number of methoxy groups -OCH3 is 1. The maximum Gasteiger partial charge on any atom is 0.259 e. The van der Waals surface area contributed by atoms with Gasteiger partial charge in [0.05, 0.1) is 23.9 Å². The van der Waals surface area contributed by atoms with Crippen LogP contribution < -0.4 is 10.3 Å². The van der Waals surface area contributed by atoms with Crippen molar-refractivity contribution in [2.45, 2.75) is 32.7 Å². The minimum absolute atomic E-state index is 0.151. The highest BCUT2D eigenvalue weighted by Crippen LogP contribution is 2.36. The minimum Gasteiger partial charge on any atom is -0.496 e. The molecule has 0 atom stereocenters. The van der Waals surface area contributed by atoms with Gasteiger partial charge < -0.3 is 14.3 Å². The number of nitrogens with zero attached hydrogens (tertiary/aromatic N) is 2. The predicted molar refractivity (Wildman–Crippen MR) is 115 cm³/mol. The van der Waals surface area contributed by atoms with E-state index in [1.807, 2.05) is 13.0 Å². The molecule has 1 saturated heterocycles. The van der Waals surface area contributed by atoms with Crippen LogP contribution in [0.25, 0.3) is 22.2 Å². The van der Waals surface area contributed by atoms with E-state index in [9.17, 15) is 9.59 Å². The summed E-state index contributed by atoms with van der Waals surface area (Å²) in [6.45, 7) is 5.25. The summed E-state index contributed by atoms with van der Waals surface area (Å²) in [4.78, 5) is 28.8. The topological polar surface area (TPSA) is 67.3 Å². The Bertz CT molecular complexity index is 1120. The van der Waals surface area contributed by atoms with Crippen LogP contribution in [0.2, 0.25) is 0 Å². The lowest BCUT2D eigenvalue weighted by Gasteiger charge is -2.15. The molecule has 6 nitrogen and oxygen atoms in total. The SMILES string of the molecule is CCc1cc(C=O)c(=O)[nH]c1-c1cc2cc(CN3CCCC3)n(C)c2cc1OC. The van der Waals surface area contributed by atoms with Crippen molar-refractivity contribution in [3.8, 4) is 17.0 Å². The molecular weight excluding hydrogens is 366 g/mol. The second-order valence-electron chi connectivity index (χ2n) is 7.71. The van der Waals surface area contributed by atoms with Gasteiger partial charge in [-0.2, -0.15) is 0 Å². The number of benzene rings is 1. The molecule has 0 bridgehead atoms. The Morgan fingerprint density at radius 3 is 2.59 bits per heavy atom. The molecule has 29 heavy (non-hydrogen) atoms. The van der Waals surface area contributed by atoms with Crippen LogP contribution in [0.1, 0.15) is 41.4 Å². The van der Waals surface area contributed by atoms with Crippen molar-refractivity contribution >= 4 is 17.2 Å². The summed E-state index contributed by atoms with van der Waals surface area (Å²) in [6.07, 6.45) is 3.84. The van der Waals surface area contributed by atoms with Crippen molar-refractivity contribution in [1.29, 1.82) is 0 Å². The lowest BCUT2D eigenvalue weighted by molar-refractivity contribution is 0.112. The normalized spacial score (nSPS) is 14.6. The number of ether oxygens (including phenoxy) is 1. The van der Waals surface area contributed by atoms with Gasteiger partial charge >= 0.3 is 0 Å². The number of aromatic nitrogens is 2. The summed E-state index contributed by atoms with van der Waals surface area (Å²) in [6, 6.07) is 8.00. The lowest BCUT2D eigenvalue weighted by atomic mass is 10.00. The summed E-state index contributed by atoms with van der Waals surface area (Å²) < 4.78 is 7.91. The fourth-order valence-corrected chi connectivity index (χ4v) is 4.31. The average Bonchev–Trinajstić information content (AvgIpc) is 3.35. The molecule has 1 fully saturated rings. The third-order valence-corrected chi connectivity index (χ3v) is 5.98. The number of hydrogen-bond donors (Lipinski definition) is 1. The number of likely N-dealkylation sites (tertiary alicyclic amines) is 1. The minimum atomic E-state index is -0.378. The summed E-state index contributed by atoms with van der Waals surface area (Å²) in [5.41, 5.74) is 4.61. The second-order valence-corrected chi connectivity index (χ2v) is 7.71. The first-order chi connectivity index (χ1) is 14.0. The molecule has 0 aliphatic carbocycles. The number of carbonyl (C=O) groups is 1. The van der Waals surface area contributed by atoms with E-state index in [4.69, 9.17) is 4.74 Å². The molecule has 4 rings (SSSR count). The zero-order valence-corrected chi connectivity index (χ0v) is 17.2. The monoisotopic (exact) mass is 393 g/mol. The van der Waals surface area contributed by atoms with E-state index in [2.05, 4.69) is 33.6 Å². The van der Waals surface area contributed by atoms with E-state index < -0.39 is 0 Å². The van der Waals surface area contributed by atoms with E-state index >= 15 is 0 Å². The molecule has 152 valence electrons. The Labute approximate surface area is 170 Å². The quantitative estimate of drug-likeness (QED) is 0.651. The van der Waals surface area contributed by atoms with Crippen molar-refractivity contribution in [3.63, 3.8) is 0 Å².